The average molecular weight is 386 g/mol. The number of carbonyl (C=O) groups is 2. The normalized spacial score (nSPS) is 17.8. The van der Waals surface area contributed by atoms with Crippen molar-refractivity contribution >= 4 is 17.5 Å². The van der Waals surface area contributed by atoms with Crippen molar-refractivity contribution in [2.75, 3.05) is 44.7 Å². The lowest BCUT2D eigenvalue weighted by Crippen LogP contribution is -3.19. The highest BCUT2D eigenvalue weighted by Gasteiger charge is 2.32. The molecule has 1 atom stereocenters. The molecule has 2 aromatic rings. The van der Waals surface area contributed by atoms with Crippen LogP contribution in [0.1, 0.15) is 17.5 Å². The number of carbonyl (C=O) groups excluding carboxylic acids is 2. The molecule has 3 heterocycles. The first-order valence-corrected chi connectivity index (χ1v) is 9.49. The predicted molar refractivity (Wildman–Crippen MR) is 101 cm³/mol. The summed E-state index contributed by atoms with van der Waals surface area (Å²) in [5, 5.41) is 2.95. The highest BCUT2D eigenvalue weighted by Crippen LogP contribution is 2.32. The minimum atomic E-state index is -0.228. The monoisotopic (exact) mass is 386 g/mol. The van der Waals surface area contributed by atoms with Crippen LogP contribution in [0.15, 0.2) is 41.0 Å². The Morgan fingerprint density at radius 1 is 1.11 bits per heavy atom. The maximum Gasteiger partial charge on any atom is 0.289 e. The zero-order valence-corrected chi connectivity index (χ0v) is 15.8. The Morgan fingerprint density at radius 2 is 1.86 bits per heavy atom. The molecule has 2 aliphatic heterocycles. The Kier molecular flexibility index (Phi) is 5.21. The second kappa shape index (κ2) is 7.93. The Labute approximate surface area is 163 Å². The van der Waals surface area contributed by atoms with Crippen molar-refractivity contribution in [1.82, 2.24) is 4.90 Å². The fourth-order valence-electron chi connectivity index (χ4n) is 3.54. The first kappa shape index (κ1) is 18.4. The number of hydrogen-bond acceptors (Lipinski definition) is 5. The first-order valence-electron chi connectivity index (χ1n) is 9.49. The van der Waals surface area contributed by atoms with Gasteiger partial charge in [0.25, 0.3) is 11.8 Å². The van der Waals surface area contributed by atoms with E-state index in [-0.39, 0.29) is 17.9 Å². The maximum absolute atomic E-state index is 12.7. The molecule has 1 fully saturated rings. The van der Waals surface area contributed by atoms with E-state index in [1.165, 1.54) is 6.26 Å². The Bertz CT molecular complexity index is 844. The van der Waals surface area contributed by atoms with Gasteiger partial charge in [-0.2, -0.15) is 0 Å². The van der Waals surface area contributed by atoms with Gasteiger partial charge in [-0.1, -0.05) is 0 Å². The molecule has 8 heteroatoms. The number of nitrogens with one attached hydrogen (secondary N) is 2. The number of quaternary nitrogens is 1. The van der Waals surface area contributed by atoms with Crippen LogP contribution in [0, 0.1) is 0 Å². The van der Waals surface area contributed by atoms with Crippen molar-refractivity contribution in [3.05, 3.63) is 42.4 Å². The third kappa shape index (κ3) is 3.82. The minimum Gasteiger partial charge on any atom is -0.486 e. The second-order valence-corrected chi connectivity index (χ2v) is 7.00. The standard InChI is InChI=1S/C20H23N3O5/c1-14(19(24)21-15-4-5-16-18(13-15)28-12-11-27-16)22-6-8-23(9-7-22)20(25)17-3-2-10-26-17/h2-5,10,13-14H,6-9,11-12H2,1H3,(H,21,24)/p+1/t14-/m1/s1. The summed E-state index contributed by atoms with van der Waals surface area (Å²) in [5.74, 6) is 1.54. The molecule has 0 unspecified atom stereocenters. The molecule has 8 nitrogen and oxygen atoms in total. The quantitative estimate of drug-likeness (QED) is 0.796. The van der Waals surface area contributed by atoms with Gasteiger partial charge in [-0.15, -0.1) is 0 Å². The number of nitrogens with zero attached hydrogens (tertiary/aromatic N) is 1. The van der Waals surface area contributed by atoms with E-state index in [0.717, 1.165) is 4.90 Å². The summed E-state index contributed by atoms with van der Waals surface area (Å²) in [6.45, 7) is 5.56. The fraction of sp³-hybridized carbons (Fsp3) is 0.400. The molecule has 28 heavy (non-hydrogen) atoms. The molecule has 1 aromatic heterocycles. The number of anilines is 1. The van der Waals surface area contributed by atoms with Gasteiger partial charge in [0.05, 0.1) is 32.4 Å². The molecule has 2 amide bonds. The van der Waals surface area contributed by atoms with Crippen molar-refractivity contribution in [3.8, 4) is 11.5 Å². The van der Waals surface area contributed by atoms with Crippen LogP contribution >= 0.6 is 0 Å². The topological polar surface area (TPSA) is 85.5 Å². The van der Waals surface area contributed by atoms with Crippen LogP contribution < -0.4 is 19.7 Å². The molecule has 0 bridgehead atoms. The molecule has 148 valence electrons. The lowest BCUT2D eigenvalue weighted by atomic mass is 10.2. The molecule has 0 saturated carbocycles. The average Bonchev–Trinajstić information content (AvgIpc) is 3.27. The number of hydrogen-bond donors (Lipinski definition) is 2. The Balaban J connectivity index is 1.32. The van der Waals surface area contributed by atoms with E-state index in [2.05, 4.69) is 5.32 Å². The molecule has 0 radical (unpaired) electrons. The molecule has 4 rings (SSSR count). The van der Waals surface area contributed by atoms with Gasteiger partial charge < -0.3 is 29.0 Å². The van der Waals surface area contributed by atoms with E-state index < -0.39 is 0 Å². The zero-order valence-electron chi connectivity index (χ0n) is 15.8. The van der Waals surface area contributed by atoms with E-state index in [0.29, 0.717) is 62.3 Å². The smallest absolute Gasteiger partial charge is 0.289 e. The summed E-state index contributed by atoms with van der Waals surface area (Å²) in [6, 6.07) is 8.56. The number of amides is 2. The lowest BCUT2D eigenvalue weighted by molar-refractivity contribution is -0.917. The predicted octanol–water partition coefficient (Wildman–Crippen LogP) is 0.419. The van der Waals surface area contributed by atoms with Crippen LogP contribution in [0.3, 0.4) is 0 Å². The van der Waals surface area contributed by atoms with E-state index in [1.54, 1.807) is 29.2 Å². The molecule has 2 aliphatic rings. The summed E-state index contributed by atoms with van der Waals surface area (Å²) in [7, 11) is 0. The molecule has 2 N–H and O–H groups in total. The highest BCUT2D eigenvalue weighted by molar-refractivity contribution is 5.94. The van der Waals surface area contributed by atoms with Gasteiger partial charge in [-0.05, 0) is 31.2 Å². The molecular weight excluding hydrogens is 362 g/mol. The van der Waals surface area contributed by atoms with Gasteiger partial charge in [0.15, 0.2) is 23.3 Å². The van der Waals surface area contributed by atoms with Crippen LogP contribution in [-0.4, -0.2) is 62.1 Å². The maximum atomic E-state index is 12.7. The van der Waals surface area contributed by atoms with E-state index >= 15 is 0 Å². The summed E-state index contributed by atoms with van der Waals surface area (Å²) >= 11 is 0. The molecule has 1 aromatic carbocycles. The highest BCUT2D eigenvalue weighted by atomic mass is 16.6. The molecule has 0 aliphatic carbocycles. The zero-order chi connectivity index (χ0) is 19.5. The molecule has 1 saturated heterocycles. The van der Waals surface area contributed by atoms with Crippen molar-refractivity contribution in [2.45, 2.75) is 13.0 Å². The van der Waals surface area contributed by atoms with E-state index in [9.17, 15) is 9.59 Å². The number of fused-ring (bicyclic) bond motifs is 1. The van der Waals surface area contributed by atoms with Crippen LogP contribution in [0.2, 0.25) is 0 Å². The van der Waals surface area contributed by atoms with Crippen molar-refractivity contribution < 1.29 is 28.4 Å². The van der Waals surface area contributed by atoms with Crippen molar-refractivity contribution in [2.24, 2.45) is 0 Å². The van der Waals surface area contributed by atoms with Crippen LogP contribution in [-0.2, 0) is 4.79 Å². The van der Waals surface area contributed by atoms with Gasteiger partial charge in [-0.25, -0.2) is 0 Å². The van der Waals surface area contributed by atoms with Gasteiger partial charge in [-0.3, -0.25) is 9.59 Å². The number of piperazine rings is 1. The van der Waals surface area contributed by atoms with E-state index in [1.807, 2.05) is 13.0 Å². The first-order chi connectivity index (χ1) is 13.6. The third-order valence-corrected chi connectivity index (χ3v) is 5.24. The van der Waals surface area contributed by atoms with Crippen LogP contribution in [0.4, 0.5) is 5.69 Å². The molecular formula is C20H24N3O5+. The summed E-state index contributed by atoms with van der Waals surface area (Å²) < 4.78 is 16.2. The SMILES string of the molecule is C[C@H](C(=O)Nc1ccc2c(c1)OCCO2)[NH+]1CCN(C(=O)c2ccco2)CC1. The number of benzene rings is 1. The summed E-state index contributed by atoms with van der Waals surface area (Å²) in [5.41, 5.74) is 0.687. The van der Waals surface area contributed by atoms with Crippen molar-refractivity contribution in [1.29, 1.82) is 0 Å². The van der Waals surface area contributed by atoms with Crippen LogP contribution in [0.25, 0.3) is 0 Å². The minimum absolute atomic E-state index is 0.0579. The summed E-state index contributed by atoms with van der Waals surface area (Å²) in [4.78, 5) is 28.0. The number of ether oxygens (including phenoxy) is 2. The Hall–Kier alpha value is -3.00. The van der Waals surface area contributed by atoms with Crippen molar-refractivity contribution in [3.63, 3.8) is 0 Å². The Morgan fingerprint density at radius 3 is 2.57 bits per heavy atom. The van der Waals surface area contributed by atoms with Gasteiger partial charge >= 0.3 is 0 Å². The number of furan rings is 1. The lowest BCUT2D eigenvalue weighted by Gasteiger charge is -2.34. The largest absolute Gasteiger partial charge is 0.486 e. The fourth-order valence-corrected chi connectivity index (χ4v) is 3.54. The molecule has 0 spiro atoms. The van der Waals surface area contributed by atoms with Gasteiger partial charge in [0, 0.05) is 11.8 Å². The van der Waals surface area contributed by atoms with Crippen LogP contribution in [0.5, 0.6) is 11.5 Å². The second-order valence-electron chi connectivity index (χ2n) is 7.00. The van der Waals surface area contributed by atoms with Gasteiger partial charge in [0.1, 0.15) is 13.2 Å². The number of rotatable bonds is 4. The van der Waals surface area contributed by atoms with E-state index in [4.69, 9.17) is 13.9 Å². The summed E-state index contributed by atoms with van der Waals surface area (Å²) in [6.07, 6.45) is 1.50. The van der Waals surface area contributed by atoms with Gasteiger partial charge in [0.2, 0.25) is 0 Å². The third-order valence-electron chi connectivity index (χ3n) is 5.24.